The van der Waals surface area contributed by atoms with Crippen LogP contribution < -0.4 is 9.03 Å². The van der Waals surface area contributed by atoms with Gasteiger partial charge in [0, 0.05) is 12.2 Å². The van der Waals surface area contributed by atoms with Crippen molar-refractivity contribution < 1.29 is 25.6 Å². The molecule has 1 saturated heterocycles. The van der Waals surface area contributed by atoms with E-state index in [4.69, 9.17) is 0 Å². The Balaban J connectivity index is 1.82. The molecular weight excluding hydrogens is 374 g/mol. The van der Waals surface area contributed by atoms with E-state index in [-0.39, 0.29) is 11.4 Å². The molecular formula is C15H14F2N2O4S2. The van der Waals surface area contributed by atoms with Crippen molar-refractivity contribution in [3.63, 3.8) is 0 Å². The van der Waals surface area contributed by atoms with Gasteiger partial charge >= 0.3 is 0 Å². The standard InChI is InChI=1S/C15H14F2N2O4S2/c16-14-7-6-13(10-15(14)17)25(22,23)18-11-2-4-12(5-3-11)19-8-1-9-24(19,20)21/h2-7,10,18H,1,8-9H2. The van der Waals surface area contributed by atoms with Crippen LogP contribution in [0.15, 0.2) is 47.4 Å². The predicted octanol–water partition coefficient (Wildman–Crippen LogP) is 2.31. The Morgan fingerprint density at radius 2 is 1.68 bits per heavy atom. The van der Waals surface area contributed by atoms with Crippen LogP contribution in [0.25, 0.3) is 0 Å². The fraction of sp³-hybridized carbons (Fsp3) is 0.200. The second kappa shape index (κ2) is 6.26. The van der Waals surface area contributed by atoms with Crippen LogP contribution in [0, 0.1) is 11.6 Å². The van der Waals surface area contributed by atoms with Crippen molar-refractivity contribution in [3.05, 3.63) is 54.1 Å². The molecule has 25 heavy (non-hydrogen) atoms. The number of benzene rings is 2. The molecule has 1 aliphatic heterocycles. The average Bonchev–Trinajstić information content (AvgIpc) is 2.90. The third-order valence-electron chi connectivity index (χ3n) is 3.71. The van der Waals surface area contributed by atoms with Gasteiger partial charge in [0.05, 0.1) is 16.3 Å². The van der Waals surface area contributed by atoms with Gasteiger partial charge in [-0.1, -0.05) is 0 Å². The topological polar surface area (TPSA) is 83.6 Å². The lowest BCUT2D eigenvalue weighted by atomic mass is 10.3. The van der Waals surface area contributed by atoms with Crippen LogP contribution in [0.1, 0.15) is 6.42 Å². The summed E-state index contributed by atoms with van der Waals surface area (Å²) >= 11 is 0. The Bertz CT molecular complexity index is 1010. The Morgan fingerprint density at radius 3 is 2.24 bits per heavy atom. The molecule has 0 radical (unpaired) electrons. The molecule has 1 fully saturated rings. The summed E-state index contributed by atoms with van der Waals surface area (Å²) in [6.07, 6.45) is 0.535. The minimum absolute atomic E-state index is 0.0809. The number of anilines is 2. The zero-order valence-corrected chi connectivity index (χ0v) is 14.4. The van der Waals surface area contributed by atoms with Gasteiger partial charge in [-0.2, -0.15) is 0 Å². The summed E-state index contributed by atoms with van der Waals surface area (Å²) in [4.78, 5) is -0.419. The summed E-state index contributed by atoms with van der Waals surface area (Å²) in [5.41, 5.74) is 0.610. The lowest BCUT2D eigenvalue weighted by Crippen LogP contribution is -2.25. The average molecular weight is 388 g/mol. The highest BCUT2D eigenvalue weighted by Gasteiger charge is 2.28. The molecule has 1 aliphatic rings. The summed E-state index contributed by atoms with van der Waals surface area (Å²) < 4.78 is 77.8. The van der Waals surface area contributed by atoms with Gasteiger partial charge in [-0.05, 0) is 48.9 Å². The smallest absolute Gasteiger partial charge is 0.261 e. The molecule has 6 nitrogen and oxygen atoms in total. The van der Waals surface area contributed by atoms with Gasteiger partial charge in [0.1, 0.15) is 0 Å². The van der Waals surface area contributed by atoms with Gasteiger partial charge in [-0.3, -0.25) is 9.03 Å². The van der Waals surface area contributed by atoms with Crippen LogP contribution in [-0.4, -0.2) is 29.1 Å². The third-order valence-corrected chi connectivity index (χ3v) is 6.96. The van der Waals surface area contributed by atoms with E-state index in [0.717, 1.165) is 12.1 Å². The quantitative estimate of drug-likeness (QED) is 0.871. The zero-order chi connectivity index (χ0) is 18.2. The van der Waals surface area contributed by atoms with Crippen molar-refractivity contribution in [3.8, 4) is 0 Å². The highest BCUT2D eigenvalue weighted by atomic mass is 32.2. The zero-order valence-electron chi connectivity index (χ0n) is 12.8. The molecule has 2 aromatic carbocycles. The molecule has 10 heteroatoms. The maximum Gasteiger partial charge on any atom is 0.261 e. The molecule has 0 amide bonds. The van der Waals surface area contributed by atoms with Gasteiger partial charge in [0.25, 0.3) is 10.0 Å². The Morgan fingerprint density at radius 1 is 1.00 bits per heavy atom. The maximum absolute atomic E-state index is 13.2. The third kappa shape index (κ3) is 3.59. The molecule has 0 bridgehead atoms. The normalized spacial score (nSPS) is 16.8. The number of halogens is 2. The van der Waals surface area contributed by atoms with E-state index in [1.807, 2.05) is 0 Å². The first kappa shape index (κ1) is 17.6. The highest BCUT2D eigenvalue weighted by Crippen LogP contribution is 2.26. The molecule has 3 rings (SSSR count). The molecule has 0 spiro atoms. The summed E-state index contributed by atoms with van der Waals surface area (Å²) in [7, 11) is -7.42. The second-order valence-corrected chi connectivity index (χ2v) is 9.17. The van der Waals surface area contributed by atoms with Gasteiger partial charge in [0.15, 0.2) is 11.6 Å². The van der Waals surface area contributed by atoms with Crippen LogP contribution in [0.3, 0.4) is 0 Å². The van der Waals surface area contributed by atoms with E-state index >= 15 is 0 Å². The number of hydrogen-bond donors (Lipinski definition) is 1. The molecule has 0 aliphatic carbocycles. The summed E-state index contributed by atoms with van der Waals surface area (Å²) in [6, 6.07) is 8.03. The van der Waals surface area contributed by atoms with Gasteiger partial charge < -0.3 is 0 Å². The minimum Gasteiger partial charge on any atom is -0.280 e. The largest absolute Gasteiger partial charge is 0.280 e. The van der Waals surface area contributed by atoms with E-state index in [0.29, 0.717) is 24.7 Å². The summed E-state index contributed by atoms with van der Waals surface area (Å²) in [5.74, 6) is -2.33. The molecule has 1 heterocycles. The number of nitrogens with zero attached hydrogens (tertiary/aromatic N) is 1. The fourth-order valence-corrected chi connectivity index (χ4v) is 5.12. The van der Waals surface area contributed by atoms with Gasteiger partial charge in [0.2, 0.25) is 10.0 Å². The molecule has 0 aromatic heterocycles. The van der Waals surface area contributed by atoms with Crippen molar-refractivity contribution >= 4 is 31.4 Å². The van der Waals surface area contributed by atoms with Crippen LogP contribution in [0.5, 0.6) is 0 Å². The van der Waals surface area contributed by atoms with E-state index in [2.05, 4.69) is 4.72 Å². The number of hydrogen-bond acceptors (Lipinski definition) is 4. The molecule has 0 unspecified atom stereocenters. The van der Waals surface area contributed by atoms with Crippen molar-refractivity contribution in [1.29, 1.82) is 0 Å². The Hall–Kier alpha value is -2.20. The molecule has 0 saturated carbocycles. The first-order valence-corrected chi connectivity index (χ1v) is 10.4. The van der Waals surface area contributed by atoms with Crippen molar-refractivity contribution in [1.82, 2.24) is 0 Å². The van der Waals surface area contributed by atoms with Crippen LogP contribution in [0.2, 0.25) is 0 Å². The SMILES string of the molecule is O=S(=O)(Nc1ccc(N2CCCS2(=O)=O)cc1)c1ccc(F)c(F)c1. The van der Waals surface area contributed by atoms with Crippen molar-refractivity contribution in [2.75, 3.05) is 21.3 Å². The van der Waals surface area contributed by atoms with Gasteiger partial charge in [-0.25, -0.2) is 25.6 Å². The summed E-state index contributed by atoms with van der Waals surface area (Å²) in [6.45, 7) is 0.377. The van der Waals surface area contributed by atoms with E-state index in [1.165, 1.54) is 28.6 Å². The monoisotopic (exact) mass is 388 g/mol. The minimum atomic E-state index is -4.10. The van der Waals surface area contributed by atoms with Crippen LogP contribution in [-0.2, 0) is 20.0 Å². The first-order valence-electron chi connectivity index (χ1n) is 7.27. The van der Waals surface area contributed by atoms with E-state index in [1.54, 1.807) is 0 Å². The predicted molar refractivity (Wildman–Crippen MR) is 89.4 cm³/mol. The first-order chi connectivity index (χ1) is 11.7. The van der Waals surface area contributed by atoms with E-state index in [9.17, 15) is 25.6 Å². The van der Waals surface area contributed by atoms with Crippen molar-refractivity contribution in [2.45, 2.75) is 11.3 Å². The second-order valence-electron chi connectivity index (χ2n) is 5.47. The molecule has 2 aromatic rings. The van der Waals surface area contributed by atoms with Crippen LogP contribution in [0.4, 0.5) is 20.2 Å². The maximum atomic E-state index is 13.2. The van der Waals surface area contributed by atoms with Crippen LogP contribution >= 0.6 is 0 Å². The molecule has 1 N–H and O–H groups in total. The van der Waals surface area contributed by atoms with E-state index < -0.39 is 36.6 Å². The highest BCUT2D eigenvalue weighted by molar-refractivity contribution is 7.93. The summed E-state index contributed by atoms with van der Waals surface area (Å²) in [5, 5.41) is 0. The molecule has 134 valence electrons. The fourth-order valence-electron chi connectivity index (χ4n) is 2.48. The molecule has 0 atom stereocenters. The Kier molecular flexibility index (Phi) is 4.41. The lowest BCUT2D eigenvalue weighted by Gasteiger charge is -2.17. The van der Waals surface area contributed by atoms with Crippen molar-refractivity contribution in [2.24, 2.45) is 0 Å². The van der Waals surface area contributed by atoms with Gasteiger partial charge in [-0.15, -0.1) is 0 Å². The number of nitrogens with one attached hydrogen (secondary N) is 1. The number of sulfonamides is 2. The Labute approximate surface area is 144 Å². The lowest BCUT2D eigenvalue weighted by molar-refractivity contribution is 0.504. The number of rotatable bonds is 4.